The summed E-state index contributed by atoms with van der Waals surface area (Å²) in [4.78, 5) is 1.34. The molecule has 2 heterocycles. The summed E-state index contributed by atoms with van der Waals surface area (Å²) >= 11 is 1.63. The van der Waals surface area contributed by atoms with Crippen molar-refractivity contribution >= 4 is 21.4 Å². The first-order chi connectivity index (χ1) is 10.0. The standard InChI is InChI=1S/C13H19N3O3S2/c1-16-10-12(9-14-16)21(18,19)15-6-4-11(5-7-17)13-3-2-8-20-13/h2-3,8-11,15,17H,4-7H2,1H3. The molecule has 21 heavy (non-hydrogen) atoms. The van der Waals surface area contributed by atoms with E-state index in [1.54, 1.807) is 18.4 Å². The van der Waals surface area contributed by atoms with Crippen molar-refractivity contribution in [2.24, 2.45) is 7.05 Å². The predicted molar refractivity (Wildman–Crippen MR) is 81.8 cm³/mol. The van der Waals surface area contributed by atoms with Gasteiger partial charge in [-0.05, 0) is 30.2 Å². The minimum absolute atomic E-state index is 0.0952. The van der Waals surface area contributed by atoms with Crippen molar-refractivity contribution in [2.75, 3.05) is 13.2 Å². The van der Waals surface area contributed by atoms with Gasteiger partial charge in [-0.25, -0.2) is 13.1 Å². The Hall–Kier alpha value is -1.22. The zero-order chi connectivity index (χ0) is 15.3. The van der Waals surface area contributed by atoms with Crippen molar-refractivity contribution in [3.63, 3.8) is 0 Å². The van der Waals surface area contributed by atoms with E-state index in [1.165, 1.54) is 22.0 Å². The first-order valence-electron chi connectivity index (χ1n) is 6.65. The van der Waals surface area contributed by atoms with Gasteiger partial charge < -0.3 is 5.11 Å². The van der Waals surface area contributed by atoms with Crippen LogP contribution in [0.15, 0.2) is 34.8 Å². The molecule has 6 nitrogen and oxygen atoms in total. The molecule has 1 atom stereocenters. The summed E-state index contributed by atoms with van der Waals surface area (Å²) in [6.07, 6.45) is 4.08. The molecule has 0 saturated carbocycles. The van der Waals surface area contributed by atoms with Crippen LogP contribution in [0.4, 0.5) is 0 Å². The van der Waals surface area contributed by atoms with Crippen molar-refractivity contribution in [1.82, 2.24) is 14.5 Å². The average molecular weight is 329 g/mol. The molecular formula is C13H19N3O3S2. The molecule has 0 bridgehead atoms. The lowest BCUT2D eigenvalue weighted by atomic mass is 10.0. The summed E-state index contributed by atoms with van der Waals surface area (Å²) in [5, 5.41) is 15.0. The SMILES string of the molecule is Cn1cc(S(=O)(=O)NCCC(CCO)c2cccs2)cn1. The maximum atomic E-state index is 12.1. The normalized spacial score (nSPS) is 13.4. The van der Waals surface area contributed by atoms with Crippen LogP contribution in [-0.4, -0.2) is 36.5 Å². The molecule has 2 rings (SSSR count). The summed E-state index contributed by atoms with van der Waals surface area (Å²) in [5.74, 6) is 0.173. The molecule has 8 heteroatoms. The fraction of sp³-hybridized carbons (Fsp3) is 0.462. The minimum atomic E-state index is -3.51. The van der Waals surface area contributed by atoms with Gasteiger partial charge in [0.15, 0.2) is 0 Å². The highest BCUT2D eigenvalue weighted by molar-refractivity contribution is 7.89. The van der Waals surface area contributed by atoms with Gasteiger partial charge in [-0.2, -0.15) is 5.10 Å². The average Bonchev–Trinajstić information content (AvgIpc) is 3.08. The number of aliphatic hydroxyl groups is 1. The van der Waals surface area contributed by atoms with E-state index in [0.29, 0.717) is 19.4 Å². The third-order valence-electron chi connectivity index (χ3n) is 3.20. The van der Waals surface area contributed by atoms with E-state index in [1.807, 2.05) is 17.5 Å². The van der Waals surface area contributed by atoms with Gasteiger partial charge in [0.05, 0.1) is 6.20 Å². The number of sulfonamides is 1. The number of nitrogens with zero attached hydrogens (tertiary/aromatic N) is 2. The van der Waals surface area contributed by atoms with Crippen LogP contribution in [0.2, 0.25) is 0 Å². The second-order valence-electron chi connectivity index (χ2n) is 4.76. The van der Waals surface area contributed by atoms with E-state index < -0.39 is 10.0 Å². The quantitative estimate of drug-likeness (QED) is 0.765. The monoisotopic (exact) mass is 329 g/mol. The van der Waals surface area contributed by atoms with Crippen molar-refractivity contribution < 1.29 is 13.5 Å². The molecule has 0 saturated heterocycles. The highest BCUT2D eigenvalue weighted by Gasteiger charge is 2.17. The van der Waals surface area contributed by atoms with Gasteiger partial charge in [-0.3, -0.25) is 4.68 Å². The molecule has 116 valence electrons. The van der Waals surface area contributed by atoms with E-state index >= 15 is 0 Å². The van der Waals surface area contributed by atoms with Gasteiger partial charge in [0.25, 0.3) is 0 Å². The Morgan fingerprint density at radius 1 is 1.48 bits per heavy atom. The highest BCUT2D eigenvalue weighted by Crippen LogP contribution is 2.27. The van der Waals surface area contributed by atoms with Gasteiger partial charge in [-0.15, -0.1) is 11.3 Å². The largest absolute Gasteiger partial charge is 0.396 e. The number of hydrogen-bond donors (Lipinski definition) is 2. The minimum Gasteiger partial charge on any atom is -0.396 e. The van der Waals surface area contributed by atoms with Crippen molar-refractivity contribution in [3.05, 3.63) is 34.8 Å². The number of thiophene rings is 1. The number of aromatic nitrogens is 2. The summed E-state index contributed by atoms with van der Waals surface area (Å²) < 4.78 is 28.2. The smallest absolute Gasteiger partial charge is 0.243 e. The Kier molecular flexibility index (Phi) is 5.51. The molecule has 0 aliphatic rings. The number of rotatable bonds is 8. The lowest BCUT2D eigenvalue weighted by Gasteiger charge is -2.14. The van der Waals surface area contributed by atoms with Crippen LogP contribution in [0.5, 0.6) is 0 Å². The number of aliphatic hydroxyl groups excluding tert-OH is 1. The summed E-state index contributed by atoms with van der Waals surface area (Å²) in [6.45, 7) is 0.428. The molecule has 0 aliphatic heterocycles. The van der Waals surface area contributed by atoms with Crippen LogP contribution >= 0.6 is 11.3 Å². The second-order valence-corrected chi connectivity index (χ2v) is 7.51. The molecule has 0 spiro atoms. The van der Waals surface area contributed by atoms with Gasteiger partial charge in [-0.1, -0.05) is 6.07 Å². The number of aryl methyl sites for hydroxylation is 1. The lowest BCUT2D eigenvalue weighted by Crippen LogP contribution is -2.25. The summed E-state index contributed by atoms with van der Waals surface area (Å²) in [5.41, 5.74) is 0. The Labute approximate surface area is 128 Å². The number of hydrogen-bond acceptors (Lipinski definition) is 5. The van der Waals surface area contributed by atoms with Crippen LogP contribution in [0, 0.1) is 0 Å². The molecule has 1 unspecified atom stereocenters. The Bertz CT molecular complexity index is 650. The van der Waals surface area contributed by atoms with E-state index in [0.717, 1.165) is 0 Å². The van der Waals surface area contributed by atoms with Crippen LogP contribution in [0.1, 0.15) is 23.6 Å². The second kappa shape index (κ2) is 7.17. The topological polar surface area (TPSA) is 84.2 Å². The Balaban J connectivity index is 1.93. The zero-order valence-corrected chi connectivity index (χ0v) is 13.4. The van der Waals surface area contributed by atoms with Crippen molar-refractivity contribution in [3.8, 4) is 0 Å². The first kappa shape index (κ1) is 16.2. The van der Waals surface area contributed by atoms with E-state index in [2.05, 4.69) is 9.82 Å². The summed E-state index contributed by atoms with van der Waals surface area (Å²) in [7, 11) is -1.84. The highest BCUT2D eigenvalue weighted by atomic mass is 32.2. The molecule has 0 aromatic carbocycles. The molecular weight excluding hydrogens is 310 g/mol. The maximum Gasteiger partial charge on any atom is 0.243 e. The fourth-order valence-electron chi connectivity index (χ4n) is 2.10. The molecule has 0 radical (unpaired) electrons. The molecule has 2 aromatic heterocycles. The van der Waals surface area contributed by atoms with E-state index in [4.69, 9.17) is 5.11 Å². The Morgan fingerprint density at radius 3 is 2.86 bits per heavy atom. The van der Waals surface area contributed by atoms with Crippen molar-refractivity contribution in [2.45, 2.75) is 23.7 Å². The maximum absolute atomic E-state index is 12.1. The molecule has 0 amide bonds. The van der Waals surface area contributed by atoms with E-state index in [9.17, 15) is 8.42 Å². The van der Waals surface area contributed by atoms with E-state index in [-0.39, 0.29) is 17.4 Å². The van der Waals surface area contributed by atoms with Gasteiger partial charge in [0.1, 0.15) is 4.90 Å². The third-order valence-corrected chi connectivity index (χ3v) is 5.65. The predicted octanol–water partition coefficient (Wildman–Crippen LogP) is 1.32. The lowest BCUT2D eigenvalue weighted by molar-refractivity contribution is 0.273. The van der Waals surface area contributed by atoms with Crippen LogP contribution in [0.3, 0.4) is 0 Å². The molecule has 0 fully saturated rings. The molecule has 2 N–H and O–H groups in total. The van der Waals surface area contributed by atoms with Gasteiger partial charge in [0, 0.05) is 31.3 Å². The zero-order valence-electron chi connectivity index (χ0n) is 11.8. The summed E-state index contributed by atoms with van der Waals surface area (Å²) in [6, 6.07) is 3.98. The van der Waals surface area contributed by atoms with Crippen molar-refractivity contribution in [1.29, 1.82) is 0 Å². The fourth-order valence-corrected chi connectivity index (χ4v) is 4.03. The molecule has 2 aromatic rings. The van der Waals surface area contributed by atoms with Crippen LogP contribution in [-0.2, 0) is 17.1 Å². The molecule has 0 aliphatic carbocycles. The van der Waals surface area contributed by atoms with Gasteiger partial charge in [0.2, 0.25) is 10.0 Å². The number of nitrogens with one attached hydrogen (secondary N) is 1. The third kappa shape index (κ3) is 4.37. The Morgan fingerprint density at radius 2 is 2.29 bits per heavy atom. The van der Waals surface area contributed by atoms with Gasteiger partial charge >= 0.3 is 0 Å². The first-order valence-corrected chi connectivity index (χ1v) is 9.02. The van der Waals surface area contributed by atoms with Crippen LogP contribution < -0.4 is 4.72 Å². The van der Waals surface area contributed by atoms with Crippen LogP contribution in [0.25, 0.3) is 0 Å².